The second-order valence-electron chi connectivity index (χ2n) is 4.87. The number of carbonyl (C=O) groups is 1. The molecule has 2 aromatic rings. The molecule has 0 spiro atoms. The van der Waals surface area contributed by atoms with Crippen molar-refractivity contribution >= 4 is 45.9 Å². The summed E-state index contributed by atoms with van der Waals surface area (Å²) < 4.78 is 0.981. The number of thiazole rings is 1. The first-order valence-electron chi connectivity index (χ1n) is 6.99. The van der Waals surface area contributed by atoms with Gasteiger partial charge in [-0.05, 0) is 19.4 Å². The van der Waals surface area contributed by atoms with Gasteiger partial charge in [0.05, 0.1) is 27.5 Å². The number of nitriles is 1. The molecule has 0 aliphatic rings. The van der Waals surface area contributed by atoms with Crippen molar-refractivity contribution in [1.29, 1.82) is 5.26 Å². The van der Waals surface area contributed by atoms with E-state index < -0.39 is 0 Å². The first-order chi connectivity index (χ1) is 11.1. The van der Waals surface area contributed by atoms with E-state index in [9.17, 15) is 4.79 Å². The minimum absolute atomic E-state index is 0.0484. The topological polar surface area (TPSA) is 65.8 Å². The van der Waals surface area contributed by atoms with E-state index >= 15 is 0 Å². The van der Waals surface area contributed by atoms with Crippen molar-refractivity contribution in [3.8, 4) is 6.07 Å². The minimum atomic E-state index is -0.0484. The Kier molecular flexibility index (Phi) is 6.96. The van der Waals surface area contributed by atoms with Gasteiger partial charge in [-0.3, -0.25) is 4.79 Å². The van der Waals surface area contributed by atoms with Crippen molar-refractivity contribution < 1.29 is 4.79 Å². The van der Waals surface area contributed by atoms with Crippen LogP contribution in [0.4, 0.5) is 5.13 Å². The average molecular weight is 364 g/mol. The highest BCUT2D eigenvalue weighted by atomic mass is 32.2. The molecule has 1 heterocycles. The molecule has 0 aliphatic carbocycles. The summed E-state index contributed by atoms with van der Waals surface area (Å²) in [5.41, 5.74) is 3.31. The normalized spacial score (nSPS) is 10.3. The van der Waals surface area contributed by atoms with Gasteiger partial charge in [0.1, 0.15) is 0 Å². The Hall–Kier alpha value is -1.49. The SMILES string of the molecule is Cc1ccc(CSCC(=O)Nc2nc(C)c(SCC#N)s2)cc1. The molecular formula is C16H17N3OS3. The van der Waals surface area contributed by atoms with E-state index in [1.807, 2.05) is 6.92 Å². The summed E-state index contributed by atoms with van der Waals surface area (Å²) in [5, 5.41) is 12.0. The van der Waals surface area contributed by atoms with Gasteiger partial charge < -0.3 is 5.32 Å². The van der Waals surface area contributed by atoms with Gasteiger partial charge in [-0.1, -0.05) is 52.9 Å². The van der Waals surface area contributed by atoms with E-state index in [-0.39, 0.29) is 5.91 Å². The van der Waals surface area contributed by atoms with Crippen molar-refractivity contribution in [2.75, 3.05) is 16.8 Å². The van der Waals surface area contributed by atoms with Crippen LogP contribution in [0.15, 0.2) is 28.5 Å². The van der Waals surface area contributed by atoms with Crippen molar-refractivity contribution in [1.82, 2.24) is 4.98 Å². The molecule has 0 saturated heterocycles. The summed E-state index contributed by atoms with van der Waals surface area (Å²) in [6, 6.07) is 10.4. The third kappa shape index (κ3) is 5.90. The van der Waals surface area contributed by atoms with Crippen molar-refractivity contribution in [2.45, 2.75) is 23.8 Å². The lowest BCUT2D eigenvalue weighted by atomic mass is 10.2. The van der Waals surface area contributed by atoms with E-state index in [0.717, 1.165) is 15.7 Å². The van der Waals surface area contributed by atoms with Crippen LogP contribution in [0.1, 0.15) is 16.8 Å². The quantitative estimate of drug-likeness (QED) is 0.745. The predicted molar refractivity (Wildman–Crippen MR) is 99.2 cm³/mol. The molecule has 0 bridgehead atoms. The Morgan fingerprint density at radius 2 is 2.09 bits per heavy atom. The number of nitrogens with zero attached hydrogens (tertiary/aromatic N) is 2. The van der Waals surface area contributed by atoms with Crippen LogP contribution >= 0.6 is 34.9 Å². The number of hydrogen-bond acceptors (Lipinski definition) is 6. The third-order valence-electron chi connectivity index (χ3n) is 2.89. The lowest BCUT2D eigenvalue weighted by Gasteiger charge is -2.03. The number of amides is 1. The molecule has 0 atom stereocenters. The van der Waals surface area contributed by atoms with Gasteiger partial charge in [-0.25, -0.2) is 4.98 Å². The Balaban J connectivity index is 1.78. The van der Waals surface area contributed by atoms with Gasteiger partial charge in [-0.2, -0.15) is 5.26 Å². The standard InChI is InChI=1S/C16H17N3OS3/c1-11-3-5-13(6-4-11)9-21-10-14(20)19-16-18-12(2)15(23-16)22-8-7-17/h3-6H,8-10H2,1-2H3,(H,18,19,20). The maximum absolute atomic E-state index is 12.0. The molecule has 1 amide bonds. The fourth-order valence-electron chi connectivity index (χ4n) is 1.77. The summed E-state index contributed by atoms with van der Waals surface area (Å²) in [7, 11) is 0. The Morgan fingerprint density at radius 1 is 1.35 bits per heavy atom. The molecule has 7 heteroatoms. The summed E-state index contributed by atoms with van der Waals surface area (Å²) in [5.74, 6) is 1.55. The summed E-state index contributed by atoms with van der Waals surface area (Å²) in [4.78, 5) is 16.3. The average Bonchev–Trinajstić information content (AvgIpc) is 2.86. The molecule has 4 nitrogen and oxygen atoms in total. The molecule has 120 valence electrons. The number of aryl methyl sites for hydroxylation is 2. The van der Waals surface area contributed by atoms with Crippen LogP contribution in [-0.2, 0) is 10.5 Å². The highest BCUT2D eigenvalue weighted by molar-refractivity contribution is 8.01. The van der Waals surface area contributed by atoms with Gasteiger partial charge in [0, 0.05) is 5.75 Å². The number of rotatable bonds is 7. The van der Waals surface area contributed by atoms with Crippen molar-refractivity contribution in [3.63, 3.8) is 0 Å². The van der Waals surface area contributed by atoms with Crippen molar-refractivity contribution in [2.24, 2.45) is 0 Å². The van der Waals surface area contributed by atoms with Crippen LogP contribution in [0.5, 0.6) is 0 Å². The van der Waals surface area contributed by atoms with Gasteiger partial charge in [0.15, 0.2) is 5.13 Å². The minimum Gasteiger partial charge on any atom is -0.301 e. The number of carbonyl (C=O) groups excluding carboxylic acids is 1. The molecule has 0 radical (unpaired) electrons. The molecule has 0 unspecified atom stereocenters. The highest BCUT2D eigenvalue weighted by Crippen LogP contribution is 2.31. The van der Waals surface area contributed by atoms with Crippen LogP contribution in [0.2, 0.25) is 0 Å². The third-order valence-corrected chi connectivity index (χ3v) is 6.20. The predicted octanol–water partition coefficient (Wildman–Crippen LogP) is 4.25. The number of nitrogens with one attached hydrogen (secondary N) is 1. The van der Waals surface area contributed by atoms with Gasteiger partial charge in [0.2, 0.25) is 5.91 Å². The number of hydrogen-bond donors (Lipinski definition) is 1. The van der Waals surface area contributed by atoms with E-state index in [2.05, 4.69) is 47.6 Å². The monoisotopic (exact) mass is 363 g/mol. The molecule has 23 heavy (non-hydrogen) atoms. The van der Waals surface area contributed by atoms with Gasteiger partial charge >= 0.3 is 0 Å². The molecular weight excluding hydrogens is 346 g/mol. The van der Waals surface area contributed by atoms with Crippen LogP contribution in [-0.4, -0.2) is 22.4 Å². The van der Waals surface area contributed by atoms with Crippen LogP contribution < -0.4 is 5.32 Å². The zero-order valence-corrected chi connectivity index (χ0v) is 15.4. The maximum atomic E-state index is 12.0. The highest BCUT2D eigenvalue weighted by Gasteiger charge is 2.11. The lowest BCUT2D eigenvalue weighted by molar-refractivity contribution is -0.113. The molecule has 0 fully saturated rings. The molecule has 1 aromatic heterocycles. The van der Waals surface area contributed by atoms with Crippen molar-refractivity contribution in [3.05, 3.63) is 41.1 Å². The second kappa shape index (κ2) is 8.96. The largest absolute Gasteiger partial charge is 0.301 e. The summed E-state index contributed by atoms with van der Waals surface area (Å²) in [6.07, 6.45) is 0. The molecule has 0 aliphatic heterocycles. The van der Waals surface area contributed by atoms with E-state index in [1.54, 1.807) is 11.8 Å². The molecule has 1 aromatic carbocycles. The zero-order chi connectivity index (χ0) is 16.7. The number of aromatic nitrogens is 1. The molecule has 2 rings (SSSR count). The van der Waals surface area contributed by atoms with E-state index in [1.165, 1.54) is 34.2 Å². The lowest BCUT2D eigenvalue weighted by Crippen LogP contribution is -2.13. The number of thioether (sulfide) groups is 2. The number of benzene rings is 1. The van der Waals surface area contributed by atoms with Crippen LogP contribution in [0, 0.1) is 25.2 Å². The van der Waals surface area contributed by atoms with Gasteiger partial charge in [0.25, 0.3) is 0 Å². The first kappa shape index (κ1) is 17.9. The Bertz CT molecular complexity index is 704. The van der Waals surface area contributed by atoms with Crippen LogP contribution in [0.3, 0.4) is 0 Å². The summed E-state index contributed by atoms with van der Waals surface area (Å²) in [6.45, 7) is 3.95. The smallest absolute Gasteiger partial charge is 0.236 e. The van der Waals surface area contributed by atoms with Crippen LogP contribution in [0.25, 0.3) is 0 Å². The van der Waals surface area contributed by atoms with E-state index in [4.69, 9.17) is 5.26 Å². The molecule has 0 saturated carbocycles. The van der Waals surface area contributed by atoms with E-state index in [0.29, 0.717) is 16.6 Å². The Morgan fingerprint density at radius 3 is 2.78 bits per heavy atom. The van der Waals surface area contributed by atoms with Gasteiger partial charge in [-0.15, -0.1) is 11.8 Å². The fourth-order valence-corrected chi connectivity index (χ4v) is 4.37. The first-order valence-corrected chi connectivity index (χ1v) is 9.94. The maximum Gasteiger partial charge on any atom is 0.236 e. The number of anilines is 1. The Labute approximate surface area is 148 Å². The fraction of sp³-hybridized carbons (Fsp3) is 0.312. The second-order valence-corrected chi connectivity index (χ2v) is 8.09. The summed E-state index contributed by atoms with van der Waals surface area (Å²) >= 11 is 4.45. The zero-order valence-electron chi connectivity index (χ0n) is 13.0. The molecule has 1 N–H and O–H groups in total.